The van der Waals surface area contributed by atoms with Gasteiger partial charge in [0.2, 0.25) is 11.9 Å². The quantitative estimate of drug-likeness (QED) is 0.494. The minimum absolute atomic E-state index is 0.0537. The number of methoxy groups -OCH3 is 1. The Morgan fingerprint density at radius 2 is 1.81 bits per heavy atom. The van der Waals surface area contributed by atoms with Crippen LogP contribution in [0.5, 0.6) is 11.5 Å². The van der Waals surface area contributed by atoms with Crippen molar-refractivity contribution in [2.24, 2.45) is 0 Å². The molecule has 0 aliphatic rings. The molecule has 0 spiro atoms. The SMILES string of the molecule is CNC(=O)c1cc(COc2cnc(Nc3cccc(NC(C)=O)c3)nc2)c(F)c(OC)c1. The number of rotatable bonds is 8. The molecule has 0 aliphatic heterocycles. The van der Waals surface area contributed by atoms with Crippen LogP contribution in [-0.4, -0.2) is 35.9 Å². The molecular formula is C22H22FN5O4. The van der Waals surface area contributed by atoms with Crippen LogP contribution >= 0.6 is 0 Å². The highest BCUT2D eigenvalue weighted by Crippen LogP contribution is 2.25. The summed E-state index contributed by atoms with van der Waals surface area (Å²) in [6, 6.07) is 9.80. The number of hydrogen-bond donors (Lipinski definition) is 3. The highest BCUT2D eigenvalue weighted by Gasteiger charge is 2.15. The molecular weight excluding hydrogens is 417 g/mol. The lowest BCUT2D eigenvalue weighted by Crippen LogP contribution is -2.18. The van der Waals surface area contributed by atoms with Crippen LogP contribution in [0.25, 0.3) is 0 Å². The Kier molecular flexibility index (Phi) is 7.17. The molecule has 166 valence electrons. The Morgan fingerprint density at radius 3 is 2.47 bits per heavy atom. The first-order chi connectivity index (χ1) is 15.4. The highest BCUT2D eigenvalue weighted by molar-refractivity contribution is 5.94. The number of halogens is 1. The average Bonchev–Trinajstić information content (AvgIpc) is 2.78. The van der Waals surface area contributed by atoms with Crippen LogP contribution in [-0.2, 0) is 11.4 Å². The average molecular weight is 439 g/mol. The van der Waals surface area contributed by atoms with E-state index >= 15 is 0 Å². The van der Waals surface area contributed by atoms with Gasteiger partial charge in [-0.3, -0.25) is 9.59 Å². The highest BCUT2D eigenvalue weighted by atomic mass is 19.1. The molecule has 32 heavy (non-hydrogen) atoms. The van der Waals surface area contributed by atoms with Gasteiger partial charge in [-0.2, -0.15) is 0 Å². The summed E-state index contributed by atoms with van der Waals surface area (Å²) in [5.74, 6) is -0.584. The third kappa shape index (κ3) is 5.69. The monoisotopic (exact) mass is 439 g/mol. The summed E-state index contributed by atoms with van der Waals surface area (Å²) in [5.41, 5.74) is 1.73. The number of hydrogen-bond acceptors (Lipinski definition) is 7. The molecule has 0 bridgehead atoms. The third-order valence-corrected chi connectivity index (χ3v) is 4.29. The molecule has 0 aliphatic carbocycles. The van der Waals surface area contributed by atoms with Crippen molar-refractivity contribution in [1.29, 1.82) is 0 Å². The molecule has 0 fully saturated rings. The number of ether oxygens (including phenoxy) is 2. The maximum absolute atomic E-state index is 14.5. The van der Waals surface area contributed by atoms with E-state index in [9.17, 15) is 14.0 Å². The molecule has 10 heteroatoms. The lowest BCUT2D eigenvalue weighted by molar-refractivity contribution is -0.114. The summed E-state index contributed by atoms with van der Waals surface area (Å²) < 4.78 is 25.1. The van der Waals surface area contributed by atoms with Crippen LogP contribution in [0.3, 0.4) is 0 Å². The Bertz CT molecular complexity index is 1120. The fraction of sp³-hybridized carbons (Fsp3) is 0.182. The van der Waals surface area contributed by atoms with E-state index in [1.165, 1.54) is 45.6 Å². The van der Waals surface area contributed by atoms with Crippen LogP contribution in [0.1, 0.15) is 22.8 Å². The number of nitrogens with one attached hydrogen (secondary N) is 3. The zero-order valence-electron chi connectivity index (χ0n) is 17.7. The van der Waals surface area contributed by atoms with Gasteiger partial charge in [0.25, 0.3) is 5.91 Å². The van der Waals surface area contributed by atoms with Gasteiger partial charge in [0.05, 0.1) is 19.5 Å². The van der Waals surface area contributed by atoms with Crippen molar-refractivity contribution >= 4 is 29.1 Å². The first-order valence-corrected chi connectivity index (χ1v) is 9.57. The second-order valence-electron chi connectivity index (χ2n) is 6.65. The molecule has 3 rings (SSSR count). The van der Waals surface area contributed by atoms with Crippen LogP contribution in [0, 0.1) is 5.82 Å². The van der Waals surface area contributed by atoms with Crippen molar-refractivity contribution in [2.75, 3.05) is 24.8 Å². The van der Waals surface area contributed by atoms with E-state index in [0.29, 0.717) is 23.1 Å². The van der Waals surface area contributed by atoms with Gasteiger partial charge in [-0.05, 0) is 30.3 Å². The Balaban J connectivity index is 1.68. The number of amides is 2. The van der Waals surface area contributed by atoms with Crippen molar-refractivity contribution in [3.05, 3.63) is 65.7 Å². The topological polar surface area (TPSA) is 114 Å². The Hall–Kier alpha value is -4.21. The first kappa shape index (κ1) is 22.5. The van der Waals surface area contributed by atoms with E-state index in [-0.39, 0.29) is 35.3 Å². The van der Waals surface area contributed by atoms with E-state index in [2.05, 4.69) is 25.9 Å². The molecule has 0 radical (unpaired) electrons. The maximum atomic E-state index is 14.5. The summed E-state index contributed by atoms with van der Waals surface area (Å²) in [7, 11) is 2.81. The van der Waals surface area contributed by atoms with Crippen LogP contribution in [0.15, 0.2) is 48.8 Å². The maximum Gasteiger partial charge on any atom is 0.251 e. The van der Waals surface area contributed by atoms with Gasteiger partial charge in [0, 0.05) is 36.5 Å². The molecule has 2 aromatic carbocycles. The molecule has 0 saturated carbocycles. The van der Waals surface area contributed by atoms with E-state index in [0.717, 1.165) is 0 Å². The lowest BCUT2D eigenvalue weighted by atomic mass is 10.1. The van der Waals surface area contributed by atoms with E-state index in [1.54, 1.807) is 24.3 Å². The molecule has 1 heterocycles. The largest absolute Gasteiger partial charge is 0.494 e. The zero-order chi connectivity index (χ0) is 23.1. The number of aromatic nitrogens is 2. The molecule has 0 unspecified atom stereocenters. The second-order valence-corrected chi connectivity index (χ2v) is 6.65. The molecule has 3 aromatic rings. The second kappa shape index (κ2) is 10.2. The first-order valence-electron chi connectivity index (χ1n) is 9.57. The van der Waals surface area contributed by atoms with Crippen molar-refractivity contribution < 1.29 is 23.5 Å². The molecule has 0 atom stereocenters. The Labute approximate surface area is 184 Å². The Morgan fingerprint density at radius 1 is 1.09 bits per heavy atom. The van der Waals surface area contributed by atoms with Crippen LogP contribution in [0.4, 0.5) is 21.7 Å². The number of carbonyl (C=O) groups excluding carboxylic acids is 2. The third-order valence-electron chi connectivity index (χ3n) is 4.29. The number of benzene rings is 2. The predicted octanol–water partition coefficient (Wildman–Crippen LogP) is 3.26. The van der Waals surface area contributed by atoms with Crippen molar-refractivity contribution in [3.63, 3.8) is 0 Å². The number of anilines is 3. The number of nitrogens with zero attached hydrogens (tertiary/aromatic N) is 2. The van der Waals surface area contributed by atoms with Gasteiger partial charge >= 0.3 is 0 Å². The van der Waals surface area contributed by atoms with E-state index in [1.807, 2.05) is 0 Å². The minimum Gasteiger partial charge on any atom is -0.494 e. The van der Waals surface area contributed by atoms with Crippen molar-refractivity contribution in [2.45, 2.75) is 13.5 Å². The lowest BCUT2D eigenvalue weighted by Gasteiger charge is -2.12. The zero-order valence-corrected chi connectivity index (χ0v) is 17.7. The summed E-state index contributed by atoms with van der Waals surface area (Å²) >= 11 is 0. The van der Waals surface area contributed by atoms with Gasteiger partial charge in [0.1, 0.15) is 6.61 Å². The fourth-order valence-corrected chi connectivity index (χ4v) is 2.81. The molecule has 2 amide bonds. The number of carbonyl (C=O) groups is 2. The molecule has 3 N–H and O–H groups in total. The molecule has 1 aromatic heterocycles. The normalized spacial score (nSPS) is 10.2. The smallest absolute Gasteiger partial charge is 0.251 e. The minimum atomic E-state index is -0.613. The van der Waals surface area contributed by atoms with Gasteiger partial charge in [-0.15, -0.1) is 0 Å². The van der Waals surface area contributed by atoms with Crippen molar-refractivity contribution in [1.82, 2.24) is 15.3 Å². The molecule has 9 nitrogen and oxygen atoms in total. The summed E-state index contributed by atoms with van der Waals surface area (Å²) in [6.07, 6.45) is 2.87. The van der Waals surface area contributed by atoms with E-state index in [4.69, 9.17) is 9.47 Å². The standard InChI is InChI=1S/C22H22FN5O4/c1-13(29)27-16-5-4-6-17(9-16)28-22-25-10-18(11-26-22)32-12-15-7-14(21(30)24-2)8-19(31-3)20(15)23/h4-11H,12H2,1-3H3,(H,24,30)(H,27,29)(H,25,26,28). The van der Waals surface area contributed by atoms with Gasteiger partial charge in [-0.25, -0.2) is 14.4 Å². The van der Waals surface area contributed by atoms with Crippen LogP contribution < -0.4 is 25.4 Å². The fourth-order valence-electron chi connectivity index (χ4n) is 2.81. The van der Waals surface area contributed by atoms with Gasteiger partial charge < -0.3 is 25.4 Å². The van der Waals surface area contributed by atoms with Crippen LogP contribution in [0.2, 0.25) is 0 Å². The van der Waals surface area contributed by atoms with Gasteiger partial charge in [0.15, 0.2) is 17.3 Å². The van der Waals surface area contributed by atoms with E-state index < -0.39 is 5.82 Å². The molecule has 0 saturated heterocycles. The summed E-state index contributed by atoms with van der Waals surface area (Å²) in [4.78, 5) is 31.4. The summed E-state index contributed by atoms with van der Waals surface area (Å²) in [5, 5.41) is 8.20. The predicted molar refractivity (Wildman–Crippen MR) is 117 cm³/mol. The van der Waals surface area contributed by atoms with Crippen molar-refractivity contribution in [3.8, 4) is 11.5 Å². The summed E-state index contributed by atoms with van der Waals surface area (Å²) in [6.45, 7) is 1.28. The van der Waals surface area contributed by atoms with Gasteiger partial charge in [-0.1, -0.05) is 6.07 Å².